The van der Waals surface area contributed by atoms with Crippen molar-refractivity contribution in [2.45, 2.75) is 18.9 Å². The lowest BCUT2D eigenvalue weighted by atomic mass is 10.1. The molecule has 3 heteroatoms. The van der Waals surface area contributed by atoms with Crippen molar-refractivity contribution in [3.05, 3.63) is 70.2 Å². The molecule has 0 aliphatic heterocycles. The van der Waals surface area contributed by atoms with E-state index in [1.807, 2.05) is 0 Å². The van der Waals surface area contributed by atoms with Gasteiger partial charge in [0, 0.05) is 16.4 Å². The molecule has 0 N–H and O–H groups in total. The van der Waals surface area contributed by atoms with Crippen LogP contribution in [0.25, 0.3) is 0 Å². The number of rotatable bonds is 7. The van der Waals surface area contributed by atoms with Gasteiger partial charge in [0.15, 0.2) is 0 Å². The number of hydrogen-bond acceptors (Lipinski definition) is 1. The van der Waals surface area contributed by atoms with Gasteiger partial charge in [0.25, 0.3) is 0 Å². The van der Waals surface area contributed by atoms with Crippen molar-refractivity contribution in [1.82, 2.24) is 0 Å². The SMILES string of the molecule is BrCC(OCCCc1ccccc1)c1ccc(Br)cc1. The van der Waals surface area contributed by atoms with Gasteiger partial charge >= 0.3 is 0 Å². The van der Waals surface area contributed by atoms with Crippen LogP contribution in [0.3, 0.4) is 0 Å². The van der Waals surface area contributed by atoms with Gasteiger partial charge in [0.2, 0.25) is 0 Å². The van der Waals surface area contributed by atoms with Crippen LogP contribution in [0.4, 0.5) is 0 Å². The fourth-order valence-corrected chi connectivity index (χ4v) is 2.88. The molecule has 0 saturated heterocycles. The maximum Gasteiger partial charge on any atom is 0.0921 e. The molecule has 1 atom stereocenters. The minimum atomic E-state index is 0.124. The van der Waals surface area contributed by atoms with E-state index < -0.39 is 0 Å². The van der Waals surface area contributed by atoms with Gasteiger partial charge in [-0.2, -0.15) is 0 Å². The normalized spacial score (nSPS) is 12.3. The quantitative estimate of drug-likeness (QED) is 0.440. The molecule has 0 aromatic heterocycles. The largest absolute Gasteiger partial charge is 0.373 e. The summed E-state index contributed by atoms with van der Waals surface area (Å²) in [5.41, 5.74) is 2.58. The summed E-state index contributed by atoms with van der Waals surface area (Å²) in [6.45, 7) is 0.779. The molecule has 2 aromatic rings. The zero-order valence-corrected chi connectivity index (χ0v) is 14.4. The van der Waals surface area contributed by atoms with Gasteiger partial charge in [0.1, 0.15) is 0 Å². The highest BCUT2D eigenvalue weighted by Gasteiger charge is 2.10. The highest BCUT2D eigenvalue weighted by Crippen LogP contribution is 2.22. The maximum atomic E-state index is 5.98. The molecule has 20 heavy (non-hydrogen) atoms. The van der Waals surface area contributed by atoms with E-state index in [2.05, 4.69) is 86.5 Å². The Balaban J connectivity index is 1.78. The summed E-state index contributed by atoms with van der Waals surface area (Å²) in [5.74, 6) is 0. The van der Waals surface area contributed by atoms with Crippen LogP contribution < -0.4 is 0 Å². The van der Waals surface area contributed by atoms with Crippen LogP contribution in [-0.4, -0.2) is 11.9 Å². The molecule has 0 radical (unpaired) electrons. The summed E-state index contributed by atoms with van der Waals surface area (Å²) in [5, 5.41) is 0.819. The van der Waals surface area contributed by atoms with Gasteiger partial charge in [-0.15, -0.1) is 0 Å². The Morgan fingerprint density at radius 3 is 2.30 bits per heavy atom. The van der Waals surface area contributed by atoms with Crippen molar-refractivity contribution in [2.24, 2.45) is 0 Å². The molecule has 0 amide bonds. The van der Waals surface area contributed by atoms with Gasteiger partial charge in [-0.05, 0) is 36.1 Å². The fourth-order valence-electron chi connectivity index (χ4n) is 2.05. The fraction of sp³-hybridized carbons (Fsp3) is 0.294. The maximum absolute atomic E-state index is 5.98. The third-order valence-corrected chi connectivity index (χ3v) is 4.27. The molecule has 2 aromatic carbocycles. The van der Waals surface area contributed by atoms with E-state index in [1.165, 1.54) is 11.1 Å². The molecule has 0 aliphatic carbocycles. The molecule has 0 heterocycles. The van der Waals surface area contributed by atoms with Gasteiger partial charge in [-0.1, -0.05) is 74.3 Å². The van der Waals surface area contributed by atoms with Gasteiger partial charge in [0.05, 0.1) is 6.10 Å². The van der Waals surface area contributed by atoms with Gasteiger partial charge in [-0.3, -0.25) is 0 Å². The minimum Gasteiger partial charge on any atom is -0.373 e. The van der Waals surface area contributed by atoms with E-state index in [1.54, 1.807) is 0 Å². The van der Waals surface area contributed by atoms with Crippen molar-refractivity contribution >= 4 is 31.9 Å². The van der Waals surface area contributed by atoms with Crippen LogP contribution in [-0.2, 0) is 11.2 Å². The van der Waals surface area contributed by atoms with E-state index in [9.17, 15) is 0 Å². The lowest BCUT2D eigenvalue weighted by molar-refractivity contribution is 0.0682. The van der Waals surface area contributed by atoms with Crippen molar-refractivity contribution in [1.29, 1.82) is 0 Å². The third kappa shape index (κ3) is 5.04. The number of alkyl halides is 1. The molecule has 0 saturated carbocycles. The number of benzene rings is 2. The van der Waals surface area contributed by atoms with Crippen LogP contribution in [0.15, 0.2) is 59.1 Å². The number of ether oxygens (including phenoxy) is 1. The Morgan fingerprint density at radius 2 is 1.65 bits per heavy atom. The molecule has 0 bridgehead atoms. The van der Waals surface area contributed by atoms with Gasteiger partial charge in [-0.25, -0.2) is 0 Å². The molecular weight excluding hydrogens is 380 g/mol. The average Bonchev–Trinajstić information content (AvgIpc) is 2.50. The second kappa shape index (κ2) is 8.60. The van der Waals surface area contributed by atoms with E-state index >= 15 is 0 Å². The lowest BCUT2D eigenvalue weighted by Crippen LogP contribution is -2.07. The zero-order valence-electron chi connectivity index (χ0n) is 11.3. The summed E-state index contributed by atoms with van der Waals surface area (Å²) in [6, 6.07) is 18.9. The number of hydrogen-bond donors (Lipinski definition) is 0. The van der Waals surface area contributed by atoms with E-state index in [0.29, 0.717) is 0 Å². The van der Waals surface area contributed by atoms with Crippen LogP contribution in [0, 0.1) is 0 Å². The van der Waals surface area contributed by atoms with Crippen molar-refractivity contribution in [3.8, 4) is 0 Å². The summed E-state index contributed by atoms with van der Waals surface area (Å²) in [6.07, 6.45) is 2.24. The zero-order chi connectivity index (χ0) is 14.2. The number of aryl methyl sites for hydroxylation is 1. The molecule has 106 valence electrons. The Kier molecular flexibility index (Phi) is 6.77. The average molecular weight is 398 g/mol. The van der Waals surface area contributed by atoms with E-state index in [0.717, 1.165) is 29.3 Å². The topological polar surface area (TPSA) is 9.23 Å². The molecule has 1 unspecified atom stereocenters. The van der Waals surface area contributed by atoms with Crippen molar-refractivity contribution in [3.63, 3.8) is 0 Å². The first-order valence-corrected chi connectivity index (χ1v) is 8.68. The molecule has 0 fully saturated rings. The summed E-state index contributed by atoms with van der Waals surface area (Å²) >= 11 is 6.99. The van der Waals surface area contributed by atoms with E-state index in [4.69, 9.17) is 4.74 Å². The van der Waals surface area contributed by atoms with Crippen LogP contribution in [0.2, 0.25) is 0 Å². The van der Waals surface area contributed by atoms with Crippen LogP contribution in [0.1, 0.15) is 23.7 Å². The highest BCUT2D eigenvalue weighted by atomic mass is 79.9. The van der Waals surface area contributed by atoms with Crippen LogP contribution in [0.5, 0.6) is 0 Å². The van der Waals surface area contributed by atoms with Crippen molar-refractivity contribution in [2.75, 3.05) is 11.9 Å². The Hall–Kier alpha value is -0.640. The Bertz CT molecular complexity index is 496. The number of halogens is 2. The third-order valence-electron chi connectivity index (χ3n) is 3.15. The van der Waals surface area contributed by atoms with Crippen molar-refractivity contribution < 1.29 is 4.74 Å². The second-order valence-electron chi connectivity index (χ2n) is 4.65. The summed E-state index contributed by atoms with van der Waals surface area (Å²) in [4.78, 5) is 0. The molecule has 1 nitrogen and oxygen atoms in total. The molecule has 2 rings (SSSR count). The van der Waals surface area contributed by atoms with Gasteiger partial charge < -0.3 is 4.74 Å². The predicted molar refractivity (Wildman–Crippen MR) is 91.4 cm³/mol. The highest BCUT2D eigenvalue weighted by molar-refractivity contribution is 9.10. The second-order valence-corrected chi connectivity index (χ2v) is 6.22. The predicted octanol–water partition coefficient (Wildman–Crippen LogP) is 5.53. The summed E-state index contributed by atoms with van der Waals surface area (Å²) in [7, 11) is 0. The first kappa shape index (κ1) is 15.7. The first-order chi connectivity index (χ1) is 9.79. The van der Waals surface area contributed by atoms with E-state index in [-0.39, 0.29) is 6.10 Å². The Labute approximate surface area is 137 Å². The van der Waals surface area contributed by atoms with Crippen LogP contribution >= 0.6 is 31.9 Å². The molecular formula is C17H18Br2O. The molecule has 0 aliphatic rings. The standard InChI is InChI=1S/C17H18Br2O/c18-13-17(15-8-10-16(19)11-9-15)20-12-4-7-14-5-2-1-3-6-14/h1-3,5-6,8-11,17H,4,7,12-13H2. The monoisotopic (exact) mass is 396 g/mol. The smallest absolute Gasteiger partial charge is 0.0921 e. The summed E-state index contributed by atoms with van der Waals surface area (Å²) < 4.78 is 7.07. The lowest BCUT2D eigenvalue weighted by Gasteiger charge is -2.16. The molecule has 0 spiro atoms. The minimum absolute atomic E-state index is 0.124. The first-order valence-electron chi connectivity index (χ1n) is 6.76. The Morgan fingerprint density at radius 1 is 0.950 bits per heavy atom.